The summed E-state index contributed by atoms with van der Waals surface area (Å²) in [5.74, 6) is 0.744. The lowest BCUT2D eigenvalue weighted by Crippen LogP contribution is -1.91. The molecule has 0 fully saturated rings. The van der Waals surface area contributed by atoms with Gasteiger partial charge in [0.2, 0.25) is 0 Å². The highest BCUT2D eigenvalue weighted by Gasteiger charge is 2.18. The van der Waals surface area contributed by atoms with Gasteiger partial charge in [0.1, 0.15) is 0 Å². The van der Waals surface area contributed by atoms with Gasteiger partial charge >= 0.3 is 0 Å². The van der Waals surface area contributed by atoms with Crippen molar-refractivity contribution in [1.29, 1.82) is 0 Å². The van der Waals surface area contributed by atoms with Crippen molar-refractivity contribution in [1.82, 2.24) is 15.1 Å². The lowest BCUT2D eigenvalue weighted by atomic mass is 10.0. The van der Waals surface area contributed by atoms with Gasteiger partial charge in [-0.2, -0.15) is 0 Å². The third-order valence-electron chi connectivity index (χ3n) is 2.97. The molecule has 0 aliphatic heterocycles. The zero-order valence-corrected chi connectivity index (χ0v) is 12.0. The van der Waals surface area contributed by atoms with E-state index in [0.717, 1.165) is 33.4 Å². The first-order chi connectivity index (χ1) is 9.79. The van der Waals surface area contributed by atoms with Crippen molar-refractivity contribution in [2.24, 2.45) is 0 Å². The molecule has 0 aliphatic carbocycles. The van der Waals surface area contributed by atoms with E-state index in [1.165, 1.54) is 11.8 Å². The van der Waals surface area contributed by atoms with Crippen molar-refractivity contribution < 1.29 is 4.52 Å². The summed E-state index contributed by atoms with van der Waals surface area (Å²) in [5.41, 5.74) is 3.58. The zero-order chi connectivity index (χ0) is 13.9. The molecular weight excluding hydrogens is 270 g/mol. The molecule has 100 valence electrons. The molecule has 0 saturated carbocycles. The van der Waals surface area contributed by atoms with Crippen LogP contribution in [-0.2, 0) is 0 Å². The molecule has 4 nitrogen and oxygen atoms in total. The molecule has 3 aromatic rings. The van der Waals surface area contributed by atoms with E-state index in [2.05, 4.69) is 15.1 Å². The van der Waals surface area contributed by atoms with Gasteiger partial charge in [-0.25, -0.2) is 9.97 Å². The second-order valence-corrected chi connectivity index (χ2v) is 5.04. The Morgan fingerprint density at radius 3 is 2.65 bits per heavy atom. The van der Waals surface area contributed by atoms with E-state index in [9.17, 15) is 0 Å². The molecule has 0 N–H and O–H groups in total. The molecule has 0 radical (unpaired) electrons. The van der Waals surface area contributed by atoms with Crippen LogP contribution < -0.4 is 0 Å². The van der Waals surface area contributed by atoms with E-state index in [-0.39, 0.29) is 0 Å². The van der Waals surface area contributed by atoms with Crippen LogP contribution in [-0.4, -0.2) is 21.4 Å². The fourth-order valence-corrected chi connectivity index (χ4v) is 2.39. The predicted octanol–water partition coefficient (Wildman–Crippen LogP) is 3.83. The van der Waals surface area contributed by atoms with Gasteiger partial charge in [0.15, 0.2) is 10.9 Å². The van der Waals surface area contributed by atoms with Gasteiger partial charge in [-0.15, -0.1) is 0 Å². The number of thioether (sulfide) groups is 1. The maximum Gasteiger partial charge on any atom is 0.187 e. The van der Waals surface area contributed by atoms with Gasteiger partial charge in [0.05, 0.1) is 17.0 Å². The Morgan fingerprint density at radius 2 is 1.90 bits per heavy atom. The summed E-state index contributed by atoms with van der Waals surface area (Å²) >= 11 is 1.51. The zero-order valence-electron chi connectivity index (χ0n) is 11.2. The lowest BCUT2D eigenvalue weighted by Gasteiger charge is -2.03. The van der Waals surface area contributed by atoms with Crippen molar-refractivity contribution in [3.63, 3.8) is 0 Å². The van der Waals surface area contributed by atoms with Crippen LogP contribution >= 0.6 is 11.8 Å². The smallest absolute Gasteiger partial charge is 0.187 e. The van der Waals surface area contributed by atoms with E-state index in [1.54, 1.807) is 6.20 Å². The molecule has 2 aromatic heterocycles. The third kappa shape index (κ3) is 2.32. The molecule has 0 saturated heterocycles. The van der Waals surface area contributed by atoms with E-state index in [1.807, 2.05) is 49.6 Å². The fraction of sp³-hybridized carbons (Fsp3) is 0.133. The lowest BCUT2D eigenvalue weighted by molar-refractivity contribution is 0.427. The Kier molecular flexibility index (Phi) is 3.52. The molecule has 0 unspecified atom stereocenters. The van der Waals surface area contributed by atoms with Gasteiger partial charge in [-0.05, 0) is 19.2 Å². The minimum absolute atomic E-state index is 0.738. The average Bonchev–Trinajstić information content (AvgIpc) is 2.90. The SMILES string of the molecule is CSc1nccc(-c2c(C)noc2-c2ccccc2)n1. The highest BCUT2D eigenvalue weighted by molar-refractivity contribution is 7.98. The molecule has 0 bridgehead atoms. The summed E-state index contributed by atoms with van der Waals surface area (Å²) in [6.45, 7) is 1.92. The van der Waals surface area contributed by atoms with Crippen molar-refractivity contribution >= 4 is 11.8 Å². The first-order valence-electron chi connectivity index (χ1n) is 6.18. The molecular formula is C15H13N3OS. The van der Waals surface area contributed by atoms with Gasteiger partial charge in [0.25, 0.3) is 0 Å². The highest BCUT2D eigenvalue weighted by atomic mass is 32.2. The third-order valence-corrected chi connectivity index (χ3v) is 3.53. The van der Waals surface area contributed by atoms with Crippen LogP contribution in [0.3, 0.4) is 0 Å². The van der Waals surface area contributed by atoms with Gasteiger partial charge in [-0.3, -0.25) is 0 Å². The van der Waals surface area contributed by atoms with Crippen molar-refractivity contribution in [2.75, 3.05) is 6.26 Å². The summed E-state index contributed by atoms with van der Waals surface area (Å²) in [6, 6.07) is 11.8. The first kappa shape index (κ1) is 12.9. The molecule has 3 rings (SSSR count). The topological polar surface area (TPSA) is 51.8 Å². The second kappa shape index (κ2) is 5.46. The summed E-state index contributed by atoms with van der Waals surface area (Å²) in [5, 5.41) is 4.82. The summed E-state index contributed by atoms with van der Waals surface area (Å²) < 4.78 is 5.49. The van der Waals surface area contributed by atoms with Crippen molar-refractivity contribution in [2.45, 2.75) is 12.1 Å². The molecule has 0 amide bonds. The van der Waals surface area contributed by atoms with Gasteiger partial charge < -0.3 is 4.52 Å². The minimum atomic E-state index is 0.738. The van der Waals surface area contributed by atoms with Crippen LogP contribution in [0.25, 0.3) is 22.6 Å². The Labute approximate surface area is 121 Å². The standard InChI is InChI=1S/C15H13N3OS/c1-10-13(12-8-9-16-15(17-12)20-2)14(19-18-10)11-6-4-3-5-7-11/h3-9H,1-2H3. The van der Waals surface area contributed by atoms with Gasteiger partial charge in [0, 0.05) is 11.8 Å². The number of hydrogen-bond acceptors (Lipinski definition) is 5. The normalized spacial score (nSPS) is 10.7. The molecule has 0 aliphatic rings. The van der Waals surface area contributed by atoms with Crippen LogP contribution in [0.2, 0.25) is 0 Å². The molecule has 5 heteroatoms. The fourth-order valence-electron chi connectivity index (χ4n) is 2.04. The molecule has 0 spiro atoms. The summed E-state index contributed by atoms with van der Waals surface area (Å²) in [7, 11) is 0. The predicted molar refractivity (Wildman–Crippen MR) is 79.5 cm³/mol. The molecule has 20 heavy (non-hydrogen) atoms. The Bertz CT molecular complexity index is 725. The number of benzene rings is 1. The number of aryl methyl sites for hydroxylation is 1. The van der Waals surface area contributed by atoms with Crippen LogP contribution in [0.1, 0.15) is 5.69 Å². The molecule has 1 aromatic carbocycles. The van der Waals surface area contributed by atoms with E-state index in [4.69, 9.17) is 4.52 Å². The molecule has 2 heterocycles. The van der Waals surface area contributed by atoms with Crippen LogP contribution in [0.15, 0.2) is 52.3 Å². The largest absolute Gasteiger partial charge is 0.355 e. The summed E-state index contributed by atoms with van der Waals surface area (Å²) in [4.78, 5) is 8.73. The van der Waals surface area contributed by atoms with Crippen LogP contribution in [0.4, 0.5) is 0 Å². The maximum absolute atomic E-state index is 5.49. The quantitative estimate of drug-likeness (QED) is 0.540. The summed E-state index contributed by atoms with van der Waals surface area (Å²) in [6.07, 6.45) is 3.72. The number of nitrogens with zero attached hydrogens (tertiary/aromatic N) is 3. The Morgan fingerprint density at radius 1 is 1.10 bits per heavy atom. The van der Waals surface area contributed by atoms with Crippen LogP contribution in [0.5, 0.6) is 0 Å². The van der Waals surface area contributed by atoms with Gasteiger partial charge in [-0.1, -0.05) is 47.3 Å². The monoisotopic (exact) mass is 283 g/mol. The van der Waals surface area contributed by atoms with E-state index >= 15 is 0 Å². The minimum Gasteiger partial charge on any atom is -0.355 e. The maximum atomic E-state index is 5.49. The number of rotatable bonds is 3. The first-order valence-corrected chi connectivity index (χ1v) is 7.41. The Hall–Kier alpha value is -2.14. The average molecular weight is 283 g/mol. The van der Waals surface area contributed by atoms with Crippen LogP contribution in [0, 0.1) is 6.92 Å². The number of aromatic nitrogens is 3. The van der Waals surface area contributed by atoms with E-state index in [0.29, 0.717) is 0 Å². The Balaban J connectivity index is 2.16. The number of hydrogen-bond donors (Lipinski definition) is 0. The molecule has 0 atom stereocenters. The second-order valence-electron chi connectivity index (χ2n) is 4.27. The van der Waals surface area contributed by atoms with E-state index < -0.39 is 0 Å². The highest BCUT2D eigenvalue weighted by Crippen LogP contribution is 2.33. The van der Waals surface area contributed by atoms with Crippen molar-refractivity contribution in [3.05, 3.63) is 48.3 Å². The van der Waals surface area contributed by atoms with Crippen molar-refractivity contribution in [3.8, 4) is 22.6 Å².